The highest BCUT2D eigenvalue weighted by Gasteiger charge is 2.25. The van der Waals surface area contributed by atoms with Crippen LogP contribution in [0.4, 0.5) is 0 Å². The van der Waals surface area contributed by atoms with Gasteiger partial charge in [0, 0.05) is 12.7 Å². The molecule has 1 unspecified atom stereocenters. The Bertz CT molecular complexity index is 470. The summed E-state index contributed by atoms with van der Waals surface area (Å²) in [5.74, 6) is 6.25. The van der Waals surface area contributed by atoms with Crippen molar-refractivity contribution in [1.82, 2.24) is 9.99 Å². The molecule has 0 spiro atoms. The minimum atomic E-state index is 0.238. The van der Waals surface area contributed by atoms with Crippen LogP contribution in [-0.2, 0) is 6.42 Å². The molecule has 2 N–H and O–H groups in total. The van der Waals surface area contributed by atoms with Gasteiger partial charge in [-0.1, -0.05) is 18.2 Å². The summed E-state index contributed by atoms with van der Waals surface area (Å²) in [6.07, 6.45) is 5.25. The van der Waals surface area contributed by atoms with Crippen LogP contribution in [0.3, 0.4) is 0 Å². The van der Waals surface area contributed by atoms with E-state index in [1.165, 1.54) is 17.6 Å². The van der Waals surface area contributed by atoms with Gasteiger partial charge in [0.05, 0.1) is 11.7 Å². The average Bonchev–Trinajstić information content (AvgIpc) is 2.44. The van der Waals surface area contributed by atoms with E-state index >= 15 is 0 Å². The van der Waals surface area contributed by atoms with Crippen molar-refractivity contribution in [1.29, 1.82) is 0 Å². The van der Waals surface area contributed by atoms with E-state index in [0.717, 1.165) is 25.1 Å². The highest BCUT2D eigenvalue weighted by molar-refractivity contribution is 8.04. The summed E-state index contributed by atoms with van der Waals surface area (Å²) in [4.78, 5) is 4.53. The largest absolute Gasteiger partial charge is 0.268 e. The normalized spacial score (nSPS) is 19.3. The Kier molecular flexibility index (Phi) is 5.19. The molecule has 0 saturated heterocycles. The lowest BCUT2D eigenvalue weighted by Gasteiger charge is -2.31. The fourth-order valence-electron chi connectivity index (χ4n) is 2.51. The second-order valence-corrected chi connectivity index (χ2v) is 5.74. The van der Waals surface area contributed by atoms with Crippen molar-refractivity contribution in [3.05, 3.63) is 52.6 Å². The first-order valence-electron chi connectivity index (χ1n) is 6.59. The maximum atomic E-state index is 6.25. The number of pyridine rings is 1. The van der Waals surface area contributed by atoms with Crippen LogP contribution in [0.15, 0.2) is 41.3 Å². The highest BCUT2D eigenvalue weighted by Crippen LogP contribution is 2.31. The predicted molar refractivity (Wildman–Crippen MR) is 82.4 cm³/mol. The molecule has 0 saturated carbocycles. The summed E-state index contributed by atoms with van der Waals surface area (Å²) in [5.41, 5.74) is 3.74. The van der Waals surface area contributed by atoms with E-state index in [1.807, 2.05) is 22.7 Å². The Hall–Kier alpha value is -1.10. The fourth-order valence-corrected chi connectivity index (χ4v) is 2.91. The van der Waals surface area contributed by atoms with Crippen molar-refractivity contribution in [3.8, 4) is 0 Å². The topological polar surface area (TPSA) is 42.1 Å². The highest BCUT2D eigenvalue weighted by atomic mass is 32.2. The summed E-state index contributed by atoms with van der Waals surface area (Å²) in [6.45, 7) is 6.56. The molecule has 0 aliphatic heterocycles. The maximum Gasteiger partial charge on any atom is 0.0669 e. The molecule has 0 bridgehead atoms. The number of thioether (sulfide) groups is 1. The SMILES string of the molecule is C=CS/C=C(\C)CN(N)C1CCCc2cccnc21. The monoisotopic (exact) mass is 275 g/mol. The maximum absolute atomic E-state index is 6.25. The summed E-state index contributed by atoms with van der Waals surface area (Å²) in [7, 11) is 0. The molecule has 19 heavy (non-hydrogen) atoms. The smallest absolute Gasteiger partial charge is 0.0669 e. The van der Waals surface area contributed by atoms with E-state index in [1.54, 1.807) is 11.8 Å². The van der Waals surface area contributed by atoms with Crippen molar-refractivity contribution in [2.75, 3.05) is 6.54 Å². The van der Waals surface area contributed by atoms with Crippen molar-refractivity contribution in [2.45, 2.75) is 32.2 Å². The summed E-state index contributed by atoms with van der Waals surface area (Å²) < 4.78 is 0. The Labute approximate surface area is 119 Å². The van der Waals surface area contributed by atoms with Crippen LogP contribution < -0.4 is 5.84 Å². The van der Waals surface area contributed by atoms with Crippen LogP contribution in [0.1, 0.15) is 37.1 Å². The zero-order chi connectivity index (χ0) is 13.7. The second-order valence-electron chi connectivity index (χ2n) is 4.90. The molecule has 0 radical (unpaired) electrons. The number of aromatic nitrogens is 1. The standard InChI is InChI=1S/C15H21N3S/c1-3-19-11-12(2)10-18(16)14-8-4-6-13-7-5-9-17-15(13)14/h3,5,7,9,11,14H,1,4,6,8,10,16H2,2H3/b12-11+. The van der Waals surface area contributed by atoms with E-state index in [0.29, 0.717) is 0 Å². The van der Waals surface area contributed by atoms with Crippen molar-refractivity contribution < 1.29 is 0 Å². The number of hydrogen-bond acceptors (Lipinski definition) is 4. The number of rotatable bonds is 5. The Morgan fingerprint density at radius 3 is 3.32 bits per heavy atom. The van der Waals surface area contributed by atoms with Gasteiger partial charge in [-0.3, -0.25) is 10.8 Å². The first-order chi connectivity index (χ1) is 9.22. The van der Waals surface area contributed by atoms with Gasteiger partial charge in [0.15, 0.2) is 0 Å². The number of hydrazine groups is 1. The summed E-state index contributed by atoms with van der Waals surface area (Å²) >= 11 is 1.59. The van der Waals surface area contributed by atoms with Crippen molar-refractivity contribution in [2.24, 2.45) is 5.84 Å². The number of nitrogens with zero attached hydrogens (tertiary/aromatic N) is 2. The molecule has 4 heteroatoms. The van der Waals surface area contributed by atoms with Gasteiger partial charge in [-0.2, -0.15) is 0 Å². The first kappa shape index (κ1) is 14.3. The van der Waals surface area contributed by atoms with E-state index in [4.69, 9.17) is 5.84 Å². The Balaban J connectivity index is 2.08. The molecule has 1 aromatic rings. The van der Waals surface area contributed by atoms with Gasteiger partial charge >= 0.3 is 0 Å². The van der Waals surface area contributed by atoms with Crippen molar-refractivity contribution >= 4 is 11.8 Å². The Morgan fingerprint density at radius 2 is 2.53 bits per heavy atom. The van der Waals surface area contributed by atoms with E-state index in [9.17, 15) is 0 Å². The second kappa shape index (κ2) is 6.89. The molecule has 0 amide bonds. The number of nitrogens with two attached hydrogens (primary N) is 1. The van der Waals surface area contributed by atoms with Gasteiger partial charge in [0.1, 0.15) is 0 Å². The number of fused-ring (bicyclic) bond motifs is 1. The third-order valence-corrected chi connectivity index (χ3v) is 4.09. The molecule has 0 aromatic carbocycles. The summed E-state index contributed by atoms with van der Waals surface area (Å²) in [6, 6.07) is 4.41. The third kappa shape index (κ3) is 3.69. The van der Waals surface area contributed by atoms with Crippen LogP contribution in [0, 0.1) is 0 Å². The number of aryl methyl sites for hydroxylation is 1. The van der Waals surface area contributed by atoms with Crippen molar-refractivity contribution in [3.63, 3.8) is 0 Å². The summed E-state index contributed by atoms with van der Waals surface area (Å²) in [5, 5.41) is 5.83. The molecule has 0 fully saturated rings. The molecule has 1 heterocycles. The average molecular weight is 275 g/mol. The molecule has 1 atom stereocenters. The lowest BCUT2D eigenvalue weighted by Crippen LogP contribution is -2.38. The zero-order valence-corrected chi connectivity index (χ0v) is 12.2. The quantitative estimate of drug-likeness (QED) is 0.660. The van der Waals surface area contributed by atoms with Gasteiger partial charge in [-0.05, 0) is 48.6 Å². The molecule has 1 aromatic heterocycles. The van der Waals surface area contributed by atoms with Gasteiger partial charge < -0.3 is 0 Å². The predicted octanol–water partition coefficient (Wildman–Crippen LogP) is 3.42. The molecule has 1 aliphatic rings. The zero-order valence-electron chi connectivity index (χ0n) is 11.4. The van der Waals surface area contributed by atoms with E-state index in [2.05, 4.69) is 30.0 Å². The van der Waals surface area contributed by atoms with E-state index < -0.39 is 0 Å². The van der Waals surface area contributed by atoms with Gasteiger partial charge in [-0.15, -0.1) is 11.8 Å². The van der Waals surface area contributed by atoms with Crippen LogP contribution in [0.25, 0.3) is 0 Å². The van der Waals surface area contributed by atoms with Crippen LogP contribution in [0.2, 0.25) is 0 Å². The van der Waals surface area contributed by atoms with Gasteiger partial charge in [-0.25, -0.2) is 5.01 Å². The lowest BCUT2D eigenvalue weighted by molar-refractivity contribution is 0.194. The third-order valence-electron chi connectivity index (χ3n) is 3.36. The first-order valence-corrected chi connectivity index (χ1v) is 7.53. The minimum absolute atomic E-state index is 0.238. The molecular formula is C15H21N3S. The lowest BCUT2D eigenvalue weighted by atomic mass is 9.91. The van der Waals surface area contributed by atoms with Crippen LogP contribution >= 0.6 is 11.8 Å². The van der Waals surface area contributed by atoms with Gasteiger partial charge in [0.2, 0.25) is 0 Å². The Morgan fingerprint density at radius 1 is 1.68 bits per heavy atom. The molecule has 3 nitrogen and oxygen atoms in total. The van der Waals surface area contributed by atoms with Crippen LogP contribution in [0.5, 0.6) is 0 Å². The molecule has 2 rings (SSSR count). The van der Waals surface area contributed by atoms with E-state index in [-0.39, 0.29) is 6.04 Å². The minimum Gasteiger partial charge on any atom is -0.268 e. The molecular weight excluding hydrogens is 254 g/mol. The van der Waals surface area contributed by atoms with Crippen LogP contribution in [-0.4, -0.2) is 16.5 Å². The molecule has 1 aliphatic carbocycles. The molecule has 102 valence electrons. The number of hydrogen-bond donors (Lipinski definition) is 1. The fraction of sp³-hybridized carbons (Fsp3) is 0.400. The van der Waals surface area contributed by atoms with Gasteiger partial charge in [0.25, 0.3) is 0 Å².